The van der Waals surface area contributed by atoms with Crippen LogP contribution in [-0.4, -0.2) is 48.8 Å². The molecule has 1 aromatic carbocycles. The van der Waals surface area contributed by atoms with Gasteiger partial charge in [-0.25, -0.2) is 0 Å². The normalized spacial score (nSPS) is 11.0. The van der Waals surface area contributed by atoms with E-state index < -0.39 is 0 Å². The Labute approximate surface area is 141 Å². The smallest absolute Gasteiger partial charge is 0.251 e. The summed E-state index contributed by atoms with van der Waals surface area (Å²) in [4.78, 5) is 23.5. The molecule has 0 fully saturated rings. The lowest BCUT2D eigenvalue weighted by Crippen LogP contribution is -2.27. The van der Waals surface area contributed by atoms with Gasteiger partial charge in [-0.2, -0.15) is 0 Å². The number of phenols is 1. The molecule has 0 bridgehead atoms. The minimum absolute atomic E-state index is 0.0182. The zero-order chi connectivity index (χ0) is 17.9. The minimum Gasteiger partial charge on any atom is -0.504 e. The van der Waals surface area contributed by atoms with Gasteiger partial charge in [-0.05, 0) is 38.0 Å². The second-order valence-corrected chi connectivity index (χ2v) is 5.18. The molecular weight excluding hydrogens is 312 g/mol. The number of hydrogen-bond acceptors (Lipinski definition) is 5. The fourth-order valence-electron chi connectivity index (χ4n) is 1.94. The van der Waals surface area contributed by atoms with Crippen molar-refractivity contribution in [3.63, 3.8) is 0 Å². The monoisotopic (exact) mass is 336 g/mol. The number of hydrogen-bond donors (Lipinski definition) is 4. The molecule has 0 heterocycles. The first-order valence-corrected chi connectivity index (χ1v) is 7.70. The maximum absolute atomic E-state index is 12.0. The fraction of sp³-hybridized carbons (Fsp3) is 0.412. The number of aliphatic hydroxyl groups excluding tert-OH is 1. The van der Waals surface area contributed by atoms with Crippen LogP contribution in [0.25, 0.3) is 0 Å². The van der Waals surface area contributed by atoms with Gasteiger partial charge in [-0.15, -0.1) is 0 Å². The number of rotatable bonds is 9. The van der Waals surface area contributed by atoms with E-state index in [9.17, 15) is 14.7 Å². The molecule has 4 N–H and O–H groups in total. The average Bonchev–Trinajstić information content (AvgIpc) is 2.58. The number of carbonyl (C=O) groups excluding carboxylic acids is 2. The zero-order valence-corrected chi connectivity index (χ0v) is 14.0. The first-order chi connectivity index (χ1) is 11.5. The molecule has 0 radical (unpaired) electrons. The van der Waals surface area contributed by atoms with Crippen LogP contribution < -0.4 is 15.4 Å². The molecule has 0 aliphatic heterocycles. The number of aromatic hydroxyl groups is 1. The number of aliphatic hydroxyl groups is 1. The molecule has 1 rings (SSSR count). The Morgan fingerprint density at radius 1 is 1.21 bits per heavy atom. The second kappa shape index (κ2) is 10.3. The summed E-state index contributed by atoms with van der Waals surface area (Å²) in [7, 11) is 1.42. The molecule has 0 saturated heterocycles. The van der Waals surface area contributed by atoms with Crippen molar-refractivity contribution in [2.75, 3.05) is 26.8 Å². The number of benzene rings is 1. The largest absolute Gasteiger partial charge is 0.504 e. The second-order valence-electron chi connectivity index (χ2n) is 5.18. The Balaban J connectivity index is 2.27. The van der Waals surface area contributed by atoms with Gasteiger partial charge in [0.1, 0.15) is 0 Å². The van der Waals surface area contributed by atoms with Crippen LogP contribution in [0.1, 0.15) is 30.1 Å². The summed E-state index contributed by atoms with van der Waals surface area (Å²) in [5.74, 6) is -0.227. The molecular formula is C17H24N2O5. The van der Waals surface area contributed by atoms with Crippen LogP contribution in [-0.2, 0) is 4.79 Å². The minimum atomic E-state index is -0.251. The SMILES string of the molecule is COc1cc(C(=O)NCCCCNC(=O)/C(C)=C/CO)ccc1O. The Morgan fingerprint density at radius 2 is 1.88 bits per heavy atom. The van der Waals surface area contributed by atoms with E-state index in [1.54, 1.807) is 6.92 Å². The molecule has 0 unspecified atom stereocenters. The molecule has 24 heavy (non-hydrogen) atoms. The Morgan fingerprint density at radius 3 is 2.50 bits per heavy atom. The van der Waals surface area contributed by atoms with Crippen LogP contribution in [0, 0.1) is 0 Å². The highest BCUT2D eigenvalue weighted by atomic mass is 16.5. The van der Waals surface area contributed by atoms with Crippen molar-refractivity contribution in [2.45, 2.75) is 19.8 Å². The molecule has 0 aliphatic carbocycles. The van der Waals surface area contributed by atoms with E-state index in [4.69, 9.17) is 9.84 Å². The standard InChI is InChI=1S/C17H24N2O5/c1-12(7-10-20)16(22)18-8-3-4-9-19-17(23)13-5-6-14(21)15(11-13)24-2/h5-7,11,20-21H,3-4,8-10H2,1-2H3,(H,18,22)(H,19,23)/b12-7+. The van der Waals surface area contributed by atoms with Gasteiger partial charge < -0.3 is 25.6 Å². The quantitative estimate of drug-likeness (QED) is 0.397. The molecule has 0 aliphatic rings. The molecule has 0 spiro atoms. The van der Waals surface area contributed by atoms with Crippen LogP contribution in [0.4, 0.5) is 0 Å². The lowest BCUT2D eigenvalue weighted by atomic mass is 10.2. The molecule has 0 saturated carbocycles. The number of ether oxygens (including phenoxy) is 1. The van der Waals surface area contributed by atoms with E-state index in [1.165, 1.54) is 31.4 Å². The number of nitrogens with one attached hydrogen (secondary N) is 2. The summed E-state index contributed by atoms with van der Waals surface area (Å²) in [6, 6.07) is 4.40. The number of phenolic OH excluding ortho intramolecular Hbond substituents is 1. The predicted octanol–water partition coefficient (Wildman–Crippen LogP) is 0.966. The summed E-state index contributed by atoms with van der Waals surface area (Å²) >= 11 is 0. The summed E-state index contributed by atoms with van der Waals surface area (Å²) in [6.07, 6.45) is 2.88. The highest BCUT2D eigenvalue weighted by Crippen LogP contribution is 2.26. The highest BCUT2D eigenvalue weighted by molar-refractivity contribution is 5.94. The molecule has 0 atom stereocenters. The van der Waals surface area contributed by atoms with Crippen molar-refractivity contribution in [3.8, 4) is 11.5 Å². The Hall–Kier alpha value is -2.54. The van der Waals surface area contributed by atoms with E-state index in [0.29, 0.717) is 30.6 Å². The molecule has 7 nitrogen and oxygen atoms in total. The molecule has 7 heteroatoms. The van der Waals surface area contributed by atoms with E-state index in [2.05, 4.69) is 10.6 Å². The third-order valence-electron chi connectivity index (χ3n) is 3.37. The highest BCUT2D eigenvalue weighted by Gasteiger charge is 2.09. The third-order valence-corrected chi connectivity index (χ3v) is 3.37. The van der Waals surface area contributed by atoms with Gasteiger partial charge in [0.05, 0.1) is 13.7 Å². The summed E-state index contributed by atoms with van der Waals surface area (Å²) < 4.78 is 4.96. The fourth-order valence-corrected chi connectivity index (χ4v) is 1.94. The van der Waals surface area contributed by atoms with Crippen LogP contribution >= 0.6 is 0 Å². The van der Waals surface area contributed by atoms with Gasteiger partial charge in [-0.3, -0.25) is 9.59 Å². The predicted molar refractivity (Wildman–Crippen MR) is 90.1 cm³/mol. The van der Waals surface area contributed by atoms with Gasteiger partial charge in [0.15, 0.2) is 11.5 Å². The van der Waals surface area contributed by atoms with Gasteiger partial charge in [0, 0.05) is 24.2 Å². The van der Waals surface area contributed by atoms with Crippen molar-refractivity contribution >= 4 is 11.8 Å². The topological polar surface area (TPSA) is 108 Å². The molecule has 0 aromatic heterocycles. The third kappa shape index (κ3) is 6.29. The van der Waals surface area contributed by atoms with Crippen molar-refractivity contribution in [1.82, 2.24) is 10.6 Å². The van der Waals surface area contributed by atoms with Crippen LogP contribution in [0.3, 0.4) is 0 Å². The van der Waals surface area contributed by atoms with Gasteiger partial charge in [-0.1, -0.05) is 6.08 Å². The maximum Gasteiger partial charge on any atom is 0.251 e. The summed E-state index contributed by atoms with van der Waals surface area (Å²) in [5.41, 5.74) is 0.884. The van der Waals surface area contributed by atoms with E-state index in [-0.39, 0.29) is 29.9 Å². The molecule has 2 amide bonds. The van der Waals surface area contributed by atoms with E-state index in [0.717, 1.165) is 6.42 Å². The number of unbranched alkanes of at least 4 members (excludes halogenated alkanes) is 1. The van der Waals surface area contributed by atoms with E-state index >= 15 is 0 Å². The maximum atomic E-state index is 12.0. The van der Waals surface area contributed by atoms with Gasteiger partial charge in [0.2, 0.25) is 5.91 Å². The average molecular weight is 336 g/mol. The van der Waals surface area contributed by atoms with Crippen LogP contribution in [0.5, 0.6) is 11.5 Å². The lowest BCUT2D eigenvalue weighted by molar-refractivity contribution is -0.117. The zero-order valence-electron chi connectivity index (χ0n) is 14.0. The number of amides is 2. The molecule has 1 aromatic rings. The summed E-state index contributed by atoms with van der Waals surface area (Å²) in [5, 5.41) is 23.7. The summed E-state index contributed by atoms with van der Waals surface area (Å²) in [6.45, 7) is 2.45. The number of carbonyl (C=O) groups is 2. The van der Waals surface area contributed by atoms with E-state index in [1.807, 2.05) is 0 Å². The van der Waals surface area contributed by atoms with Crippen molar-refractivity contribution in [1.29, 1.82) is 0 Å². The van der Waals surface area contributed by atoms with Crippen LogP contribution in [0.15, 0.2) is 29.8 Å². The number of methoxy groups -OCH3 is 1. The van der Waals surface area contributed by atoms with Gasteiger partial charge in [0.25, 0.3) is 5.91 Å². The molecule has 132 valence electrons. The van der Waals surface area contributed by atoms with Crippen molar-refractivity contribution < 1.29 is 24.5 Å². The Bertz CT molecular complexity index is 599. The van der Waals surface area contributed by atoms with Gasteiger partial charge >= 0.3 is 0 Å². The Kier molecular flexibility index (Phi) is 8.35. The van der Waals surface area contributed by atoms with Crippen LogP contribution in [0.2, 0.25) is 0 Å². The van der Waals surface area contributed by atoms with Crippen molar-refractivity contribution in [3.05, 3.63) is 35.4 Å². The first-order valence-electron chi connectivity index (χ1n) is 7.70. The first kappa shape index (κ1) is 19.5. The lowest BCUT2D eigenvalue weighted by Gasteiger charge is -2.08. The van der Waals surface area contributed by atoms with Crippen molar-refractivity contribution in [2.24, 2.45) is 0 Å².